The van der Waals surface area contributed by atoms with Gasteiger partial charge in [0.2, 0.25) is 0 Å². The molecule has 0 fully saturated rings. The number of aromatic nitrogens is 2. The van der Waals surface area contributed by atoms with E-state index in [-0.39, 0.29) is 27.6 Å². The number of carboxylic acids is 1. The van der Waals surface area contributed by atoms with Crippen LogP contribution in [0.5, 0.6) is 5.75 Å². The van der Waals surface area contributed by atoms with E-state index < -0.39 is 15.8 Å². The van der Waals surface area contributed by atoms with E-state index in [9.17, 15) is 18.3 Å². The first-order chi connectivity index (χ1) is 8.80. The van der Waals surface area contributed by atoms with Crippen LogP contribution in [-0.4, -0.2) is 41.1 Å². The molecule has 2 rings (SSSR count). The van der Waals surface area contributed by atoms with Gasteiger partial charge in [0.15, 0.2) is 9.84 Å². The second-order valence-corrected chi connectivity index (χ2v) is 5.88. The Hall–Kier alpha value is -2.35. The Labute approximate surface area is 108 Å². The zero-order valence-electron chi connectivity index (χ0n) is 9.78. The Morgan fingerprint density at radius 2 is 2.05 bits per heavy atom. The average Bonchev–Trinajstić information content (AvgIpc) is 2.76. The van der Waals surface area contributed by atoms with Gasteiger partial charge in [-0.1, -0.05) is 6.07 Å². The fourth-order valence-corrected chi connectivity index (χ4v) is 2.55. The maximum absolute atomic E-state index is 11.7. The fourth-order valence-electron chi connectivity index (χ4n) is 1.65. The summed E-state index contributed by atoms with van der Waals surface area (Å²) in [5.74, 6) is -1.51. The molecule has 1 heterocycles. The molecule has 0 saturated carbocycles. The van der Waals surface area contributed by atoms with Crippen LogP contribution < -0.4 is 0 Å². The van der Waals surface area contributed by atoms with Crippen LogP contribution in [0.15, 0.2) is 29.2 Å². The highest BCUT2D eigenvalue weighted by molar-refractivity contribution is 7.90. The third-order valence-electron chi connectivity index (χ3n) is 2.47. The van der Waals surface area contributed by atoms with E-state index in [1.165, 1.54) is 18.2 Å². The van der Waals surface area contributed by atoms with E-state index in [1.807, 2.05) is 0 Å². The molecular weight excluding hydrogens is 272 g/mol. The highest BCUT2D eigenvalue weighted by Gasteiger charge is 2.21. The van der Waals surface area contributed by atoms with Crippen LogP contribution in [0.4, 0.5) is 0 Å². The number of benzene rings is 1. The van der Waals surface area contributed by atoms with Gasteiger partial charge in [-0.05, 0) is 18.2 Å². The number of aromatic carboxylic acids is 1. The molecule has 0 aliphatic carbocycles. The van der Waals surface area contributed by atoms with Crippen LogP contribution in [0.2, 0.25) is 0 Å². The predicted octanol–water partition coefficient (Wildman–Crippen LogP) is 0.884. The minimum Gasteiger partial charge on any atom is -0.507 e. The van der Waals surface area contributed by atoms with E-state index in [0.717, 1.165) is 12.3 Å². The minimum atomic E-state index is -3.58. The van der Waals surface area contributed by atoms with Gasteiger partial charge in [-0.3, -0.25) is 5.10 Å². The van der Waals surface area contributed by atoms with E-state index in [2.05, 4.69) is 10.2 Å². The summed E-state index contributed by atoms with van der Waals surface area (Å²) < 4.78 is 23.3. The smallest absolute Gasteiger partial charge is 0.353 e. The number of H-pyrrole nitrogens is 1. The molecule has 0 spiro atoms. The lowest BCUT2D eigenvalue weighted by molar-refractivity contribution is 0.0690. The number of nitrogens with zero attached hydrogens (tertiary/aromatic N) is 1. The minimum absolute atomic E-state index is 0.0197. The van der Waals surface area contributed by atoms with Crippen molar-refractivity contribution < 1.29 is 23.4 Å². The summed E-state index contributed by atoms with van der Waals surface area (Å²) in [6.45, 7) is 0. The molecule has 1 aromatic heterocycles. The topological polar surface area (TPSA) is 120 Å². The molecule has 19 heavy (non-hydrogen) atoms. The molecule has 3 N–H and O–H groups in total. The van der Waals surface area contributed by atoms with Crippen LogP contribution in [0.1, 0.15) is 10.5 Å². The van der Waals surface area contributed by atoms with Crippen molar-refractivity contribution in [3.63, 3.8) is 0 Å². The predicted molar refractivity (Wildman–Crippen MR) is 65.8 cm³/mol. The molecule has 0 atom stereocenters. The Balaban J connectivity index is 2.70. The normalized spacial score (nSPS) is 11.4. The van der Waals surface area contributed by atoms with E-state index in [1.54, 1.807) is 0 Å². The number of phenolic OH excluding ortho intramolecular Hbond substituents is 1. The Bertz CT molecular complexity index is 748. The lowest BCUT2D eigenvalue weighted by Gasteiger charge is -2.07. The maximum Gasteiger partial charge on any atom is 0.353 e. The molecule has 1 aromatic carbocycles. The standard InChI is InChI=1S/C11H10N2O5S/c1-19(17,18)9-4-2-3-8(14)10(9)6-5-7(11(15)16)13-12-6/h2-5,14H,1H3,(H,12,13)(H,15,16). The summed E-state index contributed by atoms with van der Waals surface area (Å²) in [6.07, 6.45) is 0.996. The second-order valence-electron chi connectivity index (χ2n) is 3.89. The van der Waals surface area contributed by atoms with Crippen LogP contribution in [0.25, 0.3) is 11.3 Å². The molecule has 2 aromatic rings. The van der Waals surface area contributed by atoms with Crippen molar-refractivity contribution in [2.45, 2.75) is 4.90 Å². The average molecular weight is 282 g/mol. The van der Waals surface area contributed by atoms with E-state index in [0.29, 0.717) is 0 Å². The third-order valence-corrected chi connectivity index (χ3v) is 3.61. The maximum atomic E-state index is 11.7. The molecule has 0 unspecified atom stereocenters. The highest BCUT2D eigenvalue weighted by atomic mass is 32.2. The van der Waals surface area contributed by atoms with Gasteiger partial charge in [0.1, 0.15) is 11.4 Å². The number of aromatic hydroxyl groups is 1. The number of nitrogens with one attached hydrogen (secondary N) is 1. The Kier molecular flexibility index (Phi) is 3.03. The largest absolute Gasteiger partial charge is 0.507 e. The zero-order valence-corrected chi connectivity index (χ0v) is 10.6. The molecule has 7 nitrogen and oxygen atoms in total. The summed E-state index contributed by atoms with van der Waals surface area (Å²) >= 11 is 0. The fraction of sp³-hybridized carbons (Fsp3) is 0.0909. The van der Waals surface area contributed by atoms with Gasteiger partial charge in [-0.25, -0.2) is 13.2 Å². The van der Waals surface area contributed by atoms with Crippen molar-refractivity contribution in [2.75, 3.05) is 6.26 Å². The first-order valence-electron chi connectivity index (χ1n) is 5.12. The van der Waals surface area contributed by atoms with Gasteiger partial charge in [0.25, 0.3) is 0 Å². The summed E-state index contributed by atoms with van der Waals surface area (Å²) in [4.78, 5) is 10.6. The van der Waals surface area contributed by atoms with Crippen LogP contribution in [0.3, 0.4) is 0 Å². The second kappa shape index (κ2) is 4.39. The lowest BCUT2D eigenvalue weighted by Crippen LogP contribution is -2.00. The molecule has 0 aliphatic rings. The number of aromatic amines is 1. The summed E-state index contributed by atoms with van der Waals surface area (Å²) in [6, 6.07) is 5.17. The first kappa shape index (κ1) is 13.1. The quantitative estimate of drug-likeness (QED) is 0.768. The van der Waals surface area contributed by atoms with Crippen molar-refractivity contribution in [2.24, 2.45) is 0 Å². The van der Waals surface area contributed by atoms with Crippen molar-refractivity contribution in [1.82, 2.24) is 10.2 Å². The third kappa shape index (κ3) is 2.43. The van der Waals surface area contributed by atoms with Gasteiger partial charge in [0.05, 0.1) is 16.2 Å². The van der Waals surface area contributed by atoms with Crippen molar-refractivity contribution >= 4 is 15.8 Å². The summed E-state index contributed by atoms with van der Waals surface area (Å²) in [7, 11) is -3.58. The monoisotopic (exact) mass is 282 g/mol. The van der Waals surface area contributed by atoms with Gasteiger partial charge >= 0.3 is 5.97 Å². The van der Waals surface area contributed by atoms with Crippen molar-refractivity contribution in [3.05, 3.63) is 30.0 Å². The van der Waals surface area contributed by atoms with Gasteiger partial charge in [0, 0.05) is 6.26 Å². The number of carboxylic acid groups (broad SMARTS) is 1. The number of carbonyl (C=O) groups is 1. The molecule has 0 amide bonds. The number of sulfone groups is 1. The first-order valence-corrected chi connectivity index (χ1v) is 7.01. The van der Waals surface area contributed by atoms with Crippen LogP contribution in [0, 0.1) is 0 Å². The lowest BCUT2D eigenvalue weighted by atomic mass is 10.1. The van der Waals surface area contributed by atoms with Gasteiger partial charge < -0.3 is 10.2 Å². The SMILES string of the molecule is CS(=O)(=O)c1cccc(O)c1-c1cc(C(=O)O)[nH]n1. The van der Waals surface area contributed by atoms with Crippen molar-refractivity contribution in [3.8, 4) is 17.0 Å². The molecule has 0 aliphatic heterocycles. The Morgan fingerprint density at radius 3 is 2.58 bits per heavy atom. The van der Waals surface area contributed by atoms with Gasteiger partial charge in [-0.15, -0.1) is 0 Å². The molecular formula is C11H10N2O5S. The molecule has 0 bridgehead atoms. The molecule has 0 radical (unpaired) electrons. The van der Waals surface area contributed by atoms with Crippen LogP contribution in [-0.2, 0) is 9.84 Å². The summed E-state index contributed by atoms with van der Waals surface area (Å²) in [5.41, 5.74) is -0.164. The zero-order chi connectivity index (χ0) is 14.2. The van der Waals surface area contributed by atoms with Crippen molar-refractivity contribution in [1.29, 1.82) is 0 Å². The number of phenols is 1. The number of rotatable bonds is 3. The number of hydrogen-bond acceptors (Lipinski definition) is 5. The van der Waals surface area contributed by atoms with E-state index >= 15 is 0 Å². The highest BCUT2D eigenvalue weighted by Crippen LogP contribution is 2.34. The van der Waals surface area contributed by atoms with Crippen LogP contribution >= 0.6 is 0 Å². The molecule has 8 heteroatoms. The summed E-state index contributed by atoms with van der Waals surface area (Å²) in [5, 5.41) is 24.5. The Morgan fingerprint density at radius 1 is 1.37 bits per heavy atom. The molecule has 100 valence electrons. The van der Waals surface area contributed by atoms with E-state index in [4.69, 9.17) is 5.11 Å². The molecule has 0 saturated heterocycles. The van der Waals surface area contributed by atoms with Gasteiger partial charge in [-0.2, -0.15) is 5.10 Å². The number of hydrogen-bond donors (Lipinski definition) is 3.